The fraction of sp³-hybridized carbons (Fsp3) is 0.438. The van der Waals surface area contributed by atoms with Crippen LogP contribution in [-0.2, 0) is 6.54 Å². The van der Waals surface area contributed by atoms with Gasteiger partial charge in [0.1, 0.15) is 0 Å². The van der Waals surface area contributed by atoms with Crippen molar-refractivity contribution in [1.82, 2.24) is 15.2 Å². The van der Waals surface area contributed by atoms with E-state index in [9.17, 15) is 0 Å². The van der Waals surface area contributed by atoms with Crippen LogP contribution in [0.25, 0.3) is 10.9 Å². The smallest absolute Gasteiger partial charge is 0.0746 e. The summed E-state index contributed by atoms with van der Waals surface area (Å²) in [7, 11) is 2.04. The highest BCUT2D eigenvalue weighted by molar-refractivity contribution is 5.81. The fourth-order valence-electron chi connectivity index (χ4n) is 3.08. The topological polar surface area (TPSA) is 28.2 Å². The van der Waals surface area contributed by atoms with Crippen LogP contribution in [0.5, 0.6) is 0 Å². The first-order chi connectivity index (χ1) is 9.38. The third kappa shape index (κ3) is 2.62. The molecular formula is C16H21N3. The van der Waals surface area contributed by atoms with Gasteiger partial charge in [0.05, 0.1) is 5.52 Å². The third-order valence-corrected chi connectivity index (χ3v) is 4.03. The molecule has 1 aromatic carbocycles. The number of hydrogen-bond acceptors (Lipinski definition) is 3. The van der Waals surface area contributed by atoms with E-state index in [0.717, 1.165) is 18.6 Å². The molecule has 1 aliphatic heterocycles. The van der Waals surface area contributed by atoms with Crippen LogP contribution in [-0.4, -0.2) is 36.1 Å². The van der Waals surface area contributed by atoms with Gasteiger partial charge in [-0.15, -0.1) is 0 Å². The summed E-state index contributed by atoms with van der Waals surface area (Å²) in [6.45, 7) is 3.30. The molecule has 1 saturated heterocycles. The minimum atomic E-state index is 0.670. The van der Waals surface area contributed by atoms with Crippen LogP contribution >= 0.6 is 0 Å². The van der Waals surface area contributed by atoms with E-state index in [0.29, 0.717) is 6.04 Å². The first-order valence-electron chi connectivity index (χ1n) is 7.10. The SMILES string of the molecule is CNCC1CCCN1Cc1cccc2cccnc12. The van der Waals surface area contributed by atoms with Crippen molar-refractivity contribution in [2.75, 3.05) is 20.1 Å². The lowest BCUT2D eigenvalue weighted by Crippen LogP contribution is -2.36. The van der Waals surface area contributed by atoms with Gasteiger partial charge < -0.3 is 5.32 Å². The molecule has 1 aliphatic rings. The van der Waals surface area contributed by atoms with Crippen LogP contribution in [0.15, 0.2) is 36.5 Å². The molecule has 0 radical (unpaired) electrons. The van der Waals surface area contributed by atoms with Crippen LogP contribution in [0.3, 0.4) is 0 Å². The zero-order valence-corrected chi connectivity index (χ0v) is 11.5. The van der Waals surface area contributed by atoms with Crippen molar-refractivity contribution in [1.29, 1.82) is 0 Å². The highest BCUT2D eigenvalue weighted by Crippen LogP contribution is 2.23. The summed E-state index contributed by atoms with van der Waals surface area (Å²) in [5.41, 5.74) is 2.50. The number of para-hydroxylation sites is 1. The standard InChI is InChI=1S/C16H21N3/c1-17-11-15-8-4-10-19(15)12-14-6-2-5-13-7-3-9-18-16(13)14/h2-3,5-7,9,15,17H,4,8,10-12H2,1H3. The first kappa shape index (κ1) is 12.6. The zero-order chi connectivity index (χ0) is 13.1. The van der Waals surface area contributed by atoms with E-state index in [1.54, 1.807) is 0 Å². The van der Waals surface area contributed by atoms with E-state index in [4.69, 9.17) is 0 Å². The maximum Gasteiger partial charge on any atom is 0.0746 e. The van der Waals surface area contributed by atoms with Crippen molar-refractivity contribution in [2.45, 2.75) is 25.4 Å². The minimum absolute atomic E-state index is 0.670. The van der Waals surface area contributed by atoms with Crippen LogP contribution in [0.4, 0.5) is 0 Å². The Labute approximate surface area is 114 Å². The van der Waals surface area contributed by atoms with Crippen molar-refractivity contribution >= 4 is 10.9 Å². The maximum atomic E-state index is 4.55. The van der Waals surface area contributed by atoms with Crippen molar-refractivity contribution in [3.05, 3.63) is 42.1 Å². The number of likely N-dealkylation sites (tertiary alicyclic amines) is 1. The molecule has 0 bridgehead atoms. The summed E-state index contributed by atoms with van der Waals surface area (Å²) < 4.78 is 0. The lowest BCUT2D eigenvalue weighted by atomic mass is 10.1. The monoisotopic (exact) mass is 255 g/mol. The molecule has 1 atom stereocenters. The van der Waals surface area contributed by atoms with Crippen LogP contribution in [0.1, 0.15) is 18.4 Å². The molecule has 1 N–H and O–H groups in total. The molecule has 3 heteroatoms. The summed E-state index contributed by atoms with van der Waals surface area (Å²) in [5.74, 6) is 0. The summed E-state index contributed by atoms with van der Waals surface area (Å²) in [5, 5.41) is 4.55. The van der Waals surface area contributed by atoms with E-state index < -0.39 is 0 Å². The Morgan fingerprint density at radius 2 is 2.21 bits per heavy atom. The van der Waals surface area contributed by atoms with Gasteiger partial charge in [-0.05, 0) is 38.1 Å². The molecule has 3 rings (SSSR count). The molecule has 0 amide bonds. The van der Waals surface area contributed by atoms with Gasteiger partial charge in [-0.25, -0.2) is 0 Å². The molecule has 1 unspecified atom stereocenters. The normalized spacial score (nSPS) is 20.2. The van der Waals surface area contributed by atoms with Crippen molar-refractivity contribution in [2.24, 2.45) is 0 Å². The average Bonchev–Trinajstić information content (AvgIpc) is 2.87. The maximum absolute atomic E-state index is 4.55. The van der Waals surface area contributed by atoms with Gasteiger partial charge in [0.2, 0.25) is 0 Å². The minimum Gasteiger partial charge on any atom is -0.318 e. The second kappa shape index (κ2) is 5.68. The van der Waals surface area contributed by atoms with Crippen LogP contribution in [0, 0.1) is 0 Å². The lowest BCUT2D eigenvalue weighted by molar-refractivity contribution is 0.243. The summed E-state index contributed by atoms with van der Waals surface area (Å²) in [6, 6.07) is 11.3. The molecule has 2 aromatic rings. The van der Waals surface area contributed by atoms with Crippen LogP contribution in [0.2, 0.25) is 0 Å². The molecule has 0 saturated carbocycles. The van der Waals surface area contributed by atoms with Gasteiger partial charge in [-0.2, -0.15) is 0 Å². The summed E-state index contributed by atoms with van der Waals surface area (Å²) in [4.78, 5) is 7.14. The molecular weight excluding hydrogens is 234 g/mol. The Morgan fingerprint density at radius 3 is 3.11 bits per heavy atom. The van der Waals surface area contributed by atoms with E-state index in [1.807, 2.05) is 19.3 Å². The number of pyridine rings is 1. The van der Waals surface area contributed by atoms with Gasteiger partial charge in [0, 0.05) is 30.7 Å². The molecule has 100 valence electrons. The Morgan fingerprint density at radius 1 is 1.32 bits per heavy atom. The Bertz CT molecular complexity index is 547. The number of hydrogen-bond donors (Lipinski definition) is 1. The first-order valence-corrected chi connectivity index (χ1v) is 7.10. The van der Waals surface area contributed by atoms with Gasteiger partial charge >= 0.3 is 0 Å². The number of benzene rings is 1. The largest absolute Gasteiger partial charge is 0.318 e. The second-order valence-electron chi connectivity index (χ2n) is 5.32. The molecule has 1 aromatic heterocycles. The van der Waals surface area contributed by atoms with Crippen molar-refractivity contribution in [3.8, 4) is 0 Å². The Kier molecular flexibility index (Phi) is 3.76. The average molecular weight is 255 g/mol. The molecule has 0 aliphatic carbocycles. The van der Waals surface area contributed by atoms with Crippen molar-refractivity contribution < 1.29 is 0 Å². The van der Waals surface area contributed by atoms with Gasteiger partial charge in [-0.1, -0.05) is 24.3 Å². The predicted molar refractivity (Wildman–Crippen MR) is 79.1 cm³/mol. The summed E-state index contributed by atoms with van der Waals surface area (Å²) >= 11 is 0. The highest BCUT2D eigenvalue weighted by atomic mass is 15.2. The zero-order valence-electron chi connectivity index (χ0n) is 11.5. The van der Waals surface area contributed by atoms with E-state index >= 15 is 0 Å². The Balaban J connectivity index is 1.85. The fourth-order valence-corrected chi connectivity index (χ4v) is 3.08. The van der Waals surface area contributed by atoms with Crippen LogP contribution < -0.4 is 5.32 Å². The van der Waals surface area contributed by atoms with Crippen molar-refractivity contribution in [3.63, 3.8) is 0 Å². The third-order valence-electron chi connectivity index (χ3n) is 4.03. The van der Waals surface area contributed by atoms with Gasteiger partial charge in [0.15, 0.2) is 0 Å². The Hall–Kier alpha value is -1.45. The summed E-state index contributed by atoms with van der Waals surface area (Å²) in [6.07, 6.45) is 4.50. The second-order valence-corrected chi connectivity index (χ2v) is 5.32. The number of fused-ring (bicyclic) bond motifs is 1. The predicted octanol–water partition coefficient (Wildman–Crippen LogP) is 2.42. The van der Waals surface area contributed by atoms with E-state index in [-0.39, 0.29) is 0 Å². The molecule has 1 fully saturated rings. The molecule has 0 spiro atoms. The van der Waals surface area contributed by atoms with Gasteiger partial charge in [-0.3, -0.25) is 9.88 Å². The lowest BCUT2D eigenvalue weighted by Gasteiger charge is -2.24. The van der Waals surface area contributed by atoms with Gasteiger partial charge in [0.25, 0.3) is 0 Å². The highest BCUT2D eigenvalue weighted by Gasteiger charge is 2.24. The molecule has 19 heavy (non-hydrogen) atoms. The molecule has 2 heterocycles. The van der Waals surface area contributed by atoms with E-state index in [1.165, 1.54) is 30.3 Å². The number of aromatic nitrogens is 1. The number of likely N-dealkylation sites (N-methyl/N-ethyl adjacent to an activating group) is 1. The molecule has 3 nitrogen and oxygen atoms in total. The number of nitrogens with zero attached hydrogens (tertiary/aromatic N) is 2. The number of rotatable bonds is 4. The number of nitrogens with one attached hydrogen (secondary N) is 1. The quantitative estimate of drug-likeness (QED) is 0.909. The van der Waals surface area contributed by atoms with E-state index in [2.05, 4.69) is 39.5 Å².